The highest BCUT2D eigenvalue weighted by molar-refractivity contribution is 6.21. The molecule has 0 N–H and O–H groups in total. The molecule has 0 saturated carbocycles. The van der Waals surface area contributed by atoms with Gasteiger partial charge < -0.3 is 0 Å². The van der Waals surface area contributed by atoms with Gasteiger partial charge in [0.05, 0.1) is 19.5 Å². The van der Waals surface area contributed by atoms with Crippen molar-refractivity contribution in [2.75, 3.05) is 4.90 Å². The molecule has 0 bridgehead atoms. The summed E-state index contributed by atoms with van der Waals surface area (Å²) in [7, 11) is 6.18. The molecular weight excluding hydrogens is 309 g/mol. The first-order valence-electron chi connectivity index (χ1n) is 9.22. The van der Waals surface area contributed by atoms with E-state index in [4.69, 9.17) is 7.85 Å². The van der Waals surface area contributed by atoms with Crippen molar-refractivity contribution in [1.82, 2.24) is 0 Å². The lowest BCUT2D eigenvalue weighted by Crippen LogP contribution is -2.32. The van der Waals surface area contributed by atoms with Gasteiger partial charge in [0.2, 0.25) is 11.8 Å². The molecule has 1 heterocycles. The Labute approximate surface area is 153 Å². The van der Waals surface area contributed by atoms with E-state index in [2.05, 4.69) is 20.8 Å². The van der Waals surface area contributed by atoms with Crippen molar-refractivity contribution in [2.45, 2.75) is 71.5 Å². The van der Waals surface area contributed by atoms with Crippen LogP contribution in [-0.4, -0.2) is 19.7 Å². The molecule has 0 spiro atoms. The van der Waals surface area contributed by atoms with Crippen molar-refractivity contribution >= 4 is 25.3 Å². The first kappa shape index (κ1) is 19.7. The van der Waals surface area contributed by atoms with Crippen molar-refractivity contribution in [3.8, 4) is 0 Å². The van der Waals surface area contributed by atoms with Gasteiger partial charge in [0.25, 0.3) is 0 Å². The number of rotatable bonds is 6. The number of hydrogen-bond acceptors (Lipinski definition) is 2. The molecular formula is C21H30BNO2. The first-order valence-corrected chi connectivity index (χ1v) is 9.22. The molecule has 0 aliphatic carbocycles. The number of benzene rings is 1. The fraction of sp³-hybridized carbons (Fsp3) is 0.619. The molecule has 0 aromatic heterocycles. The van der Waals surface area contributed by atoms with E-state index in [1.165, 1.54) is 4.90 Å². The molecule has 25 heavy (non-hydrogen) atoms. The number of imide groups is 1. The summed E-state index contributed by atoms with van der Waals surface area (Å²) >= 11 is 0. The number of anilines is 1. The minimum atomic E-state index is -0.257. The number of hydrogen-bond donors (Lipinski definition) is 0. The Kier molecular flexibility index (Phi) is 5.51. The van der Waals surface area contributed by atoms with Gasteiger partial charge in [0, 0.05) is 6.42 Å². The molecule has 2 radical (unpaired) electrons. The number of nitrogens with zero attached hydrogens (tertiary/aromatic N) is 1. The van der Waals surface area contributed by atoms with Gasteiger partial charge in [-0.2, -0.15) is 0 Å². The molecule has 1 fully saturated rings. The van der Waals surface area contributed by atoms with Crippen LogP contribution in [0.4, 0.5) is 5.69 Å². The van der Waals surface area contributed by atoms with E-state index in [1.807, 2.05) is 45.0 Å². The molecule has 2 unspecified atom stereocenters. The monoisotopic (exact) mass is 339 g/mol. The topological polar surface area (TPSA) is 37.4 Å². The number of carbonyl (C=O) groups excluding carboxylic acids is 2. The fourth-order valence-corrected chi connectivity index (χ4v) is 3.96. The third-order valence-corrected chi connectivity index (χ3v) is 5.32. The van der Waals surface area contributed by atoms with E-state index >= 15 is 0 Å². The summed E-state index contributed by atoms with van der Waals surface area (Å²) in [6.45, 7) is 12.5. The Bertz CT molecular complexity index is 643. The maximum absolute atomic E-state index is 12.7. The smallest absolute Gasteiger partial charge is 0.237 e. The lowest BCUT2D eigenvalue weighted by atomic mass is 9.62. The van der Waals surface area contributed by atoms with Gasteiger partial charge in [-0.15, -0.1) is 0 Å². The fourth-order valence-electron chi connectivity index (χ4n) is 3.96. The Morgan fingerprint density at radius 2 is 1.72 bits per heavy atom. The highest BCUT2D eigenvalue weighted by atomic mass is 16.2. The lowest BCUT2D eigenvalue weighted by molar-refractivity contribution is -0.122. The molecule has 1 saturated heterocycles. The van der Waals surface area contributed by atoms with Crippen LogP contribution in [0, 0.1) is 11.8 Å². The van der Waals surface area contributed by atoms with Gasteiger partial charge in [-0.1, -0.05) is 65.4 Å². The molecule has 2 rings (SSSR count). The Morgan fingerprint density at radius 1 is 1.16 bits per heavy atom. The first-order chi connectivity index (χ1) is 11.5. The molecule has 4 heteroatoms. The van der Waals surface area contributed by atoms with Gasteiger partial charge in [-0.05, 0) is 35.4 Å². The Hall–Kier alpha value is -1.58. The highest BCUT2D eigenvalue weighted by Gasteiger charge is 2.41. The molecule has 2 amide bonds. The van der Waals surface area contributed by atoms with Crippen LogP contribution >= 0.6 is 0 Å². The van der Waals surface area contributed by atoms with Crippen LogP contribution in [-0.2, 0) is 15.0 Å². The van der Waals surface area contributed by atoms with E-state index < -0.39 is 0 Å². The normalized spacial score (nSPS) is 20.2. The van der Waals surface area contributed by atoms with Crippen molar-refractivity contribution in [3.63, 3.8) is 0 Å². The average Bonchev–Trinajstić information content (AvgIpc) is 2.79. The van der Waals surface area contributed by atoms with Crippen LogP contribution < -0.4 is 4.90 Å². The molecule has 134 valence electrons. The largest absolute Gasteiger partial charge is 0.274 e. The molecule has 1 aliphatic rings. The van der Waals surface area contributed by atoms with E-state index in [0.717, 1.165) is 18.4 Å². The zero-order valence-electron chi connectivity index (χ0n) is 16.4. The summed E-state index contributed by atoms with van der Waals surface area (Å²) in [4.78, 5) is 26.4. The zero-order valence-corrected chi connectivity index (χ0v) is 16.4. The summed E-state index contributed by atoms with van der Waals surface area (Å²) in [5.74, 6) is -0.113. The summed E-state index contributed by atoms with van der Waals surface area (Å²) in [6.07, 6.45) is 2.07. The highest BCUT2D eigenvalue weighted by Crippen LogP contribution is 2.39. The van der Waals surface area contributed by atoms with Gasteiger partial charge >= 0.3 is 0 Å². The summed E-state index contributed by atoms with van der Waals surface area (Å²) in [6, 6.07) is 7.79. The number of carbonyl (C=O) groups is 2. The third kappa shape index (κ3) is 4.34. The standard InChI is InChI=1S/C21H30BNO2/c1-7-14(2)17-12-18(24)23(19(17)25)16-10-8-15(9-11-16)20(3,4)13-21(5,6)22/h8-11,14,17H,7,12-13H2,1-6H3. The van der Waals surface area contributed by atoms with Gasteiger partial charge in [0.1, 0.15) is 0 Å². The van der Waals surface area contributed by atoms with Crippen LogP contribution in [0.2, 0.25) is 5.31 Å². The van der Waals surface area contributed by atoms with E-state index in [-0.39, 0.29) is 34.4 Å². The van der Waals surface area contributed by atoms with E-state index in [0.29, 0.717) is 12.1 Å². The van der Waals surface area contributed by atoms with E-state index in [9.17, 15) is 9.59 Å². The van der Waals surface area contributed by atoms with Crippen LogP contribution in [0.15, 0.2) is 24.3 Å². The molecule has 3 nitrogen and oxygen atoms in total. The van der Waals surface area contributed by atoms with Crippen LogP contribution in [0.25, 0.3) is 0 Å². The lowest BCUT2D eigenvalue weighted by Gasteiger charge is -2.33. The maximum atomic E-state index is 12.7. The molecule has 2 atom stereocenters. The third-order valence-electron chi connectivity index (χ3n) is 5.32. The van der Waals surface area contributed by atoms with Crippen LogP contribution in [0.1, 0.15) is 66.4 Å². The van der Waals surface area contributed by atoms with Gasteiger partial charge in [-0.25, -0.2) is 0 Å². The minimum absolute atomic E-state index is 0.0607. The quantitative estimate of drug-likeness (QED) is 0.559. The van der Waals surface area contributed by atoms with Gasteiger partial charge in [0.15, 0.2) is 0 Å². The summed E-state index contributed by atoms with van der Waals surface area (Å²) in [5.41, 5.74) is 1.76. The second-order valence-electron chi connectivity index (χ2n) is 8.86. The predicted molar refractivity (Wildman–Crippen MR) is 104 cm³/mol. The second kappa shape index (κ2) is 6.97. The van der Waals surface area contributed by atoms with Crippen molar-refractivity contribution < 1.29 is 9.59 Å². The summed E-state index contributed by atoms with van der Waals surface area (Å²) in [5, 5.41) is -0.257. The van der Waals surface area contributed by atoms with Gasteiger partial charge in [-0.3, -0.25) is 14.5 Å². The second-order valence-corrected chi connectivity index (χ2v) is 8.86. The van der Waals surface area contributed by atoms with Crippen molar-refractivity contribution in [1.29, 1.82) is 0 Å². The average molecular weight is 339 g/mol. The van der Waals surface area contributed by atoms with Crippen LogP contribution in [0.3, 0.4) is 0 Å². The molecule has 1 aromatic rings. The van der Waals surface area contributed by atoms with Crippen molar-refractivity contribution in [2.24, 2.45) is 11.8 Å². The zero-order chi connectivity index (χ0) is 19.0. The molecule has 1 aromatic carbocycles. The predicted octanol–water partition coefficient (Wildman–Crippen LogP) is 4.65. The minimum Gasteiger partial charge on any atom is -0.274 e. The maximum Gasteiger partial charge on any atom is 0.237 e. The summed E-state index contributed by atoms with van der Waals surface area (Å²) < 4.78 is 0. The van der Waals surface area contributed by atoms with E-state index in [1.54, 1.807) is 0 Å². The number of amides is 2. The van der Waals surface area contributed by atoms with Crippen molar-refractivity contribution in [3.05, 3.63) is 29.8 Å². The Balaban J connectivity index is 2.23. The molecule has 1 aliphatic heterocycles. The van der Waals surface area contributed by atoms with Crippen LogP contribution in [0.5, 0.6) is 0 Å². The Morgan fingerprint density at radius 3 is 2.20 bits per heavy atom. The SMILES string of the molecule is [B]C(C)(C)CC(C)(C)c1ccc(N2C(=O)CC(C(C)CC)C2=O)cc1.